The molecule has 1 aliphatic heterocycles. The molecule has 4 rings (SSSR count). The molecule has 1 aromatic carbocycles. The highest BCUT2D eigenvalue weighted by atomic mass is 19.4. The van der Waals surface area contributed by atoms with Crippen molar-refractivity contribution in [3.8, 4) is 5.75 Å². The van der Waals surface area contributed by atoms with Gasteiger partial charge in [0.25, 0.3) is 0 Å². The van der Waals surface area contributed by atoms with Gasteiger partial charge < -0.3 is 15.0 Å². The third kappa shape index (κ3) is 6.16. The lowest BCUT2D eigenvalue weighted by Crippen LogP contribution is -2.30. The van der Waals surface area contributed by atoms with Gasteiger partial charge >= 0.3 is 6.36 Å². The van der Waals surface area contributed by atoms with Crippen LogP contribution in [0.4, 0.5) is 24.5 Å². The van der Waals surface area contributed by atoms with Crippen LogP contribution >= 0.6 is 0 Å². The number of pyridine rings is 1. The number of amides is 1. The van der Waals surface area contributed by atoms with Crippen LogP contribution in [0.3, 0.4) is 0 Å². The molecule has 33 heavy (non-hydrogen) atoms. The van der Waals surface area contributed by atoms with Crippen molar-refractivity contribution in [1.82, 2.24) is 9.88 Å². The average Bonchev–Trinajstić information content (AvgIpc) is 3.15. The van der Waals surface area contributed by atoms with Crippen LogP contribution < -0.4 is 15.0 Å². The van der Waals surface area contributed by atoms with Crippen LogP contribution in [-0.2, 0) is 11.3 Å². The molecule has 1 atom stereocenters. The highest BCUT2D eigenvalue weighted by molar-refractivity contribution is 5.93. The van der Waals surface area contributed by atoms with Gasteiger partial charge in [0.2, 0.25) is 5.91 Å². The summed E-state index contributed by atoms with van der Waals surface area (Å²) in [6.45, 7) is 4.12. The first-order chi connectivity index (χ1) is 15.8. The normalized spacial score (nSPS) is 20.1. The largest absolute Gasteiger partial charge is 0.573 e. The quantitative estimate of drug-likeness (QED) is 0.642. The summed E-state index contributed by atoms with van der Waals surface area (Å²) in [5.74, 6) is -0.0935. The minimum Gasteiger partial charge on any atom is -0.406 e. The zero-order valence-electron chi connectivity index (χ0n) is 18.6. The summed E-state index contributed by atoms with van der Waals surface area (Å²) in [6, 6.07) is 8.09. The van der Waals surface area contributed by atoms with Crippen molar-refractivity contribution in [2.75, 3.05) is 23.4 Å². The number of rotatable bonds is 6. The lowest BCUT2D eigenvalue weighted by Gasteiger charge is -2.24. The minimum absolute atomic E-state index is 0.0669. The maximum atomic E-state index is 12.7. The van der Waals surface area contributed by atoms with E-state index in [-0.39, 0.29) is 23.6 Å². The molecule has 0 spiro atoms. The van der Waals surface area contributed by atoms with E-state index in [1.54, 1.807) is 24.5 Å². The van der Waals surface area contributed by atoms with E-state index in [1.807, 2.05) is 6.07 Å². The van der Waals surface area contributed by atoms with Crippen LogP contribution in [0.15, 0.2) is 42.7 Å². The van der Waals surface area contributed by atoms with E-state index >= 15 is 0 Å². The molecule has 0 bridgehead atoms. The summed E-state index contributed by atoms with van der Waals surface area (Å²) in [6.07, 6.45) is 4.00. The molecule has 1 saturated carbocycles. The maximum Gasteiger partial charge on any atom is 0.573 e. The van der Waals surface area contributed by atoms with Crippen molar-refractivity contribution in [1.29, 1.82) is 0 Å². The number of alkyl halides is 3. The van der Waals surface area contributed by atoms with Gasteiger partial charge in [0.1, 0.15) is 5.75 Å². The Morgan fingerprint density at radius 1 is 1.15 bits per heavy atom. The first-order valence-electron chi connectivity index (χ1n) is 11.4. The molecule has 2 aliphatic rings. The second kappa shape index (κ2) is 9.99. The van der Waals surface area contributed by atoms with E-state index in [9.17, 15) is 18.0 Å². The molecule has 0 radical (unpaired) electrons. The Kier molecular flexibility index (Phi) is 7.07. The number of benzene rings is 1. The van der Waals surface area contributed by atoms with Gasteiger partial charge in [-0.15, -0.1) is 13.2 Å². The van der Waals surface area contributed by atoms with Crippen molar-refractivity contribution in [2.24, 2.45) is 5.92 Å². The number of anilines is 2. The number of nitrogens with zero attached hydrogens (tertiary/aromatic N) is 3. The lowest BCUT2D eigenvalue weighted by molar-refractivity contribution is -0.274. The zero-order chi connectivity index (χ0) is 23.4. The Balaban J connectivity index is 1.39. The predicted molar refractivity (Wildman–Crippen MR) is 120 cm³/mol. The second-order valence-electron chi connectivity index (χ2n) is 8.86. The molecule has 9 heteroatoms. The molecule has 1 aliphatic carbocycles. The van der Waals surface area contributed by atoms with Crippen molar-refractivity contribution in [3.05, 3.63) is 48.3 Å². The number of halogens is 3. The van der Waals surface area contributed by atoms with Gasteiger partial charge in [-0.25, -0.2) is 0 Å². The molecule has 6 nitrogen and oxygen atoms in total. The zero-order valence-corrected chi connectivity index (χ0v) is 18.6. The summed E-state index contributed by atoms with van der Waals surface area (Å²) in [5.41, 5.74) is 2.57. The lowest BCUT2D eigenvalue weighted by atomic mass is 9.88. The van der Waals surface area contributed by atoms with Crippen LogP contribution in [0, 0.1) is 5.92 Å². The number of nitrogens with one attached hydrogen (secondary N) is 1. The Bertz CT molecular complexity index is 945. The van der Waals surface area contributed by atoms with E-state index in [0.29, 0.717) is 13.2 Å². The number of carbonyl (C=O) groups excluding carboxylic acids is 1. The highest BCUT2D eigenvalue weighted by Crippen LogP contribution is 2.30. The first kappa shape index (κ1) is 23.4. The van der Waals surface area contributed by atoms with Crippen molar-refractivity contribution < 1.29 is 22.7 Å². The average molecular weight is 463 g/mol. The number of aromatic nitrogens is 1. The van der Waals surface area contributed by atoms with Gasteiger partial charge in [0.05, 0.1) is 18.6 Å². The number of carbonyl (C=O) groups is 1. The molecule has 178 valence electrons. The molecule has 1 amide bonds. The predicted octanol–water partition coefficient (Wildman–Crippen LogP) is 5.17. The molecule has 1 saturated heterocycles. The number of ether oxygens (including phenoxy) is 1. The maximum absolute atomic E-state index is 12.7. The van der Waals surface area contributed by atoms with Crippen LogP contribution in [0.1, 0.15) is 44.6 Å². The highest BCUT2D eigenvalue weighted by Gasteiger charge is 2.32. The summed E-state index contributed by atoms with van der Waals surface area (Å²) in [4.78, 5) is 21.3. The molecule has 2 fully saturated rings. The Labute approximate surface area is 191 Å². The van der Waals surface area contributed by atoms with Gasteiger partial charge in [-0.2, -0.15) is 0 Å². The first-order valence-corrected chi connectivity index (χ1v) is 11.4. The summed E-state index contributed by atoms with van der Waals surface area (Å²) >= 11 is 0. The molecule has 1 unspecified atom stereocenters. The molecule has 1 aromatic heterocycles. The van der Waals surface area contributed by atoms with Crippen molar-refractivity contribution in [3.63, 3.8) is 0 Å². The fraction of sp³-hybridized carbons (Fsp3) is 0.500. The molecular weight excluding hydrogens is 433 g/mol. The Hall–Kier alpha value is -2.81. The standard InChI is InChI=1S/C24H29F3N4O2/c1-17-14-31(20-7-9-21(10-8-20)33-24(25,26)27)16-30(17)15-19-11-12-28-13-22(19)29-23(32)18-5-3-2-4-6-18/h7-13,17-18H,2-6,14-16H2,1H3,(H,29,32). The van der Waals surface area contributed by atoms with E-state index < -0.39 is 6.36 Å². The molecule has 2 aromatic rings. The van der Waals surface area contributed by atoms with Crippen LogP contribution in [0.25, 0.3) is 0 Å². The second-order valence-corrected chi connectivity index (χ2v) is 8.86. The van der Waals surface area contributed by atoms with E-state index in [4.69, 9.17) is 0 Å². The van der Waals surface area contributed by atoms with Gasteiger partial charge in [0, 0.05) is 36.9 Å². The van der Waals surface area contributed by atoms with E-state index in [1.165, 1.54) is 18.6 Å². The van der Waals surface area contributed by atoms with Gasteiger partial charge in [-0.05, 0) is 55.7 Å². The van der Waals surface area contributed by atoms with Gasteiger partial charge in [-0.1, -0.05) is 19.3 Å². The molecule has 1 N–H and O–H groups in total. The summed E-state index contributed by atoms with van der Waals surface area (Å²) < 4.78 is 41.2. The van der Waals surface area contributed by atoms with E-state index in [0.717, 1.165) is 49.2 Å². The fourth-order valence-corrected chi connectivity index (χ4v) is 4.59. The minimum atomic E-state index is -4.70. The fourth-order valence-electron chi connectivity index (χ4n) is 4.59. The molecular formula is C24H29F3N4O2. The van der Waals surface area contributed by atoms with Crippen molar-refractivity contribution >= 4 is 17.3 Å². The Morgan fingerprint density at radius 3 is 2.58 bits per heavy atom. The van der Waals surface area contributed by atoms with Crippen LogP contribution in [0.2, 0.25) is 0 Å². The topological polar surface area (TPSA) is 57.7 Å². The smallest absolute Gasteiger partial charge is 0.406 e. The number of hydrogen-bond acceptors (Lipinski definition) is 5. The van der Waals surface area contributed by atoms with Crippen molar-refractivity contribution in [2.45, 2.75) is 58.0 Å². The van der Waals surface area contributed by atoms with Crippen LogP contribution in [0.5, 0.6) is 5.75 Å². The Morgan fingerprint density at radius 2 is 1.88 bits per heavy atom. The van der Waals surface area contributed by atoms with Gasteiger partial charge in [-0.3, -0.25) is 14.7 Å². The summed E-state index contributed by atoms with van der Waals surface area (Å²) in [5, 5.41) is 3.09. The number of hydrogen-bond donors (Lipinski definition) is 1. The van der Waals surface area contributed by atoms with E-state index in [2.05, 4.69) is 31.8 Å². The van der Waals surface area contributed by atoms with Crippen LogP contribution in [-0.4, -0.2) is 41.4 Å². The third-order valence-electron chi connectivity index (χ3n) is 6.41. The summed E-state index contributed by atoms with van der Waals surface area (Å²) in [7, 11) is 0. The monoisotopic (exact) mass is 462 g/mol. The third-order valence-corrected chi connectivity index (χ3v) is 6.41. The molecule has 2 heterocycles. The SMILES string of the molecule is CC1CN(c2ccc(OC(F)(F)F)cc2)CN1Cc1ccncc1NC(=O)C1CCCCC1. The van der Waals surface area contributed by atoms with Gasteiger partial charge in [0.15, 0.2) is 0 Å².